The first kappa shape index (κ1) is 11.9. The van der Waals surface area contributed by atoms with Gasteiger partial charge < -0.3 is 0 Å². The van der Waals surface area contributed by atoms with Gasteiger partial charge >= 0.3 is 0 Å². The lowest BCUT2D eigenvalue weighted by Crippen LogP contribution is -2.38. The van der Waals surface area contributed by atoms with E-state index in [1.165, 1.54) is 12.8 Å². The lowest BCUT2D eigenvalue weighted by Gasteiger charge is -2.42. The molecule has 16 heavy (non-hydrogen) atoms. The van der Waals surface area contributed by atoms with Gasteiger partial charge in [0.15, 0.2) is 5.78 Å². The van der Waals surface area contributed by atoms with Crippen molar-refractivity contribution in [3.63, 3.8) is 0 Å². The maximum Gasteiger partial charge on any atom is 0.158 e. The van der Waals surface area contributed by atoms with Crippen molar-refractivity contribution in [3.05, 3.63) is 11.6 Å². The highest BCUT2D eigenvalue weighted by atomic mass is 16.1. The molecule has 90 valence electrons. The number of Topliss-reactive ketones (excluding diaryl/α,β-unsaturated/α-hetero) is 1. The van der Waals surface area contributed by atoms with Crippen LogP contribution >= 0.6 is 0 Å². The van der Waals surface area contributed by atoms with Crippen LogP contribution in [0.25, 0.3) is 0 Å². The van der Waals surface area contributed by atoms with E-state index < -0.39 is 0 Å². The number of hydrogen-bond donors (Lipinski definition) is 0. The van der Waals surface area contributed by atoms with Crippen molar-refractivity contribution < 1.29 is 4.79 Å². The van der Waals surface area contributed by atoms with Crippen molar-refractivity contribution in [2.75, 3.05) is 0 Å². The van der Waals surface area contributed by atoms with E-state index in [4.69, 9.17) is 0 Å². The van der Waals surface area contributed by atoms with Crippen LogP contribution in [0.5, 0.6) is 0 Å². The molecule has 1 fully saturated rings. The Morgan fingerprint density at radius 3 is 2.62 bits per heavy atom. The Morgan fingerprint density at radius 2 is 2.06 bits per heavy atom. The number of carbonyl (C=O) groups is 1. The van der Waals surface area contributed by atoms with Gasteiger partial charge in [0.1, 0.15) is 0 Å². The molecule has 0 saturated heterocycles. The Kier molecular flexibility index (Phi) is 2.98. The summed E-state index contributed by atoms with van der Waals surface area (Å²) < 4.78 is 0. The third-order valence-corrected chi connectivity index (χ3v) is 5.15. The second-order valence-corrected chi connectivity index (χ2v) is 6.25. The molecule has 0 aliphatic heterocycles. The first-order chi connectivity index (χ1) is 7.47. The summed E-state index contributed by atoms with van der Waals surface area (Å²) >= 11 is 0. The molecular weight excluding hydrogens is 196 g/mol. The monoisotopic (exact) mass is 220 g/mol. The molecule has 0 bridgehead atoms. The van der Waals surface area contributed by atoms with E-state index >= 15 is 0 Å². The van der Waals surface area contributed by atoms with Gasteiger partial charge in [-0.2, -0.15) is 0 Å². The molecule has 1 heteroatoms. The van der Waals surface area contributed by atoms with Crippen LogP contribution in [0.1, 0.15) is 53.4 Å². The number of rotatable bonds is 1. The van der Waals surface area contributed by atoms with Gasteiger partial charge in [-0.05, 0) is 54.9 Å². The van der Waals surface area contributed by atoms with E-state index in [0.29, 0.717) is 23.0 Å². The normalized spacial score (nSPS) is 39.6. The molecule has 0 N–H and O–H groups in total. The second kappa shape index (κ2) is 4.01. The quantitative estimate of drug-likeness (QED) is 0.653. The SMILES string of the molecule is CC1=CC[C@@]2(CC1=O)[C@H](C)CC[C@@H]2C(C)C. The topological polar surface area (TPSA) is 17.1 Å². The second-order valence-electron chi connectivity index (χ2n) is 6.25. The molecule has 1 nitrogen and oxygen atoms in total. The van der Waals surface area contributed by atoms with Crippen LogP contribution < -0.4 is 0 Å². The minimum atomic E-state index is 0.296. The first-order valence-corrected chi connectivity index (χ1v) is 6.67. The van der Waals surface area contributed by atoms with E-state index in [0.717, 1.165) is 24.3 Å². The predicted molar refractivity (Wildman–Crippen MR) is 67.2 cm³/mol. The van der Waals surface area contributed by atoms with Crippen molar-refractivity contribution in [1.82, 2.24) is 0 Å². The Balaban J connectivity index is 2.32. The third-order valence-electron chi connectivity index (χ3n) is 5.15. The number of allylic oxidation sites excluding steroid dienone is 2. The summed E-state index contributed by atoms with van der Waals surface area (Å²) in [6.07, 6.45) is 6.76. The number of carbonyl (C=O) groups excluding carboxylic acids is 1. The van der Waals surface area contributed by atoms with Crippen LogP contribution in [0.15, 0.2) is 11.6 Å². The predicted octanol–water partition coefficient (Wildman–Crippen LogP) is 3.98. The third kappa shape index (κ3) is 1.65. The Labute approximate surface area is 99.3 Å². The van der Waals surface area contributed by atoms with Crippen molar-refractivity contribution in [2.45, 2.75) is 53.4 Å². The molecular formula is C15H24O. The number of hydrogen-bond acceptors (Lipinski definition) is 1. The van der Waals surface area contributed by atoms with Gasteiger partial charge in [-0.25, -0.2) is 0 Å². The lowest BCUT2D eigenvalue weighted by atomic mass is 9.61. The van der Waals surface area contributed by atoms with Gasteiger partial charge in [0.25, 0.3) is 0 Å². The zero-order valence-electron chi connectivity index (χ0n) is 11.0. The average Bonchev–Trinajstić information content (AvgIpc) is 2.51. The van der Waals surface area contributed by atoms with Crippen molar-refractivity contribution in [3.8, 4) is 0 Å². The van der Waals surface area contributed by atoms with Crippen LogP contribution in [0.4, 0.5) is 0 Å². The minimum absolute atomic E-state index is 0.296. The van der Waals surface area contributed by atoms with E-state index in [1.807, 2.05) is 6.92 Å². The molecule has 0 radical (unpaired) electrons. The Hall–Kier alpha value is -0.590. The summed E-state index contributed by atoms with van der Waals surface area (Å²) in [4.78, 5) is 12.0. The summed E-state index contributed by atoms with van der Waals surface area (Å²) in [5.41, 5.74) is 1.29. The molecule has 2 aliphatic carbocycles. The molecule has 3 atom stereocenters. The fourth-order valence-corrected chi connectivity index (χ4v) is 3.99. The van der Waals surface area contributed by atoms with Crippen molar-refractivity contribution in [2.24, 2.45) is 23.2 Å². The fraction of sp³-hybridized carbons (Fsp3) is 0.800. The van der Waals surface area contributed by atoms with Gasteiger partial charge in [-0.15, -0.1) is 0 Å². The van der Waals surface area contributed by atoms with Crippen LogP contribution in [0.3, 0.4) is 0 Å². The summed E-state index contributed by atoms with van der Waals surface area (Å²) in [5.74, 6) is 2.57. The minimum Gasteiger partial charge on any atom is -0.295 e. The molecule has 0 aromatic heterocycles. The molecule has 1 spiro atoms. The smallest absolute Gasteiger partial charge is 0.158 e. The highest BCUT2D eigenvalue weighted by Crippen LogP contribution is 2.57. The Morgan fingerprint density at radius 1 is 1.38 bits per heavy atom. The van der Waals surface area contributed by atoms with E-state index in [2.05, 4.69) is 26.8 Å². The maximum atomic E-state index is 12.0. The highest BCUT2D eigenvalue weighted by molar-refractivity contribution is 5.96. The summed E-state index contributed by atoms with van der Waals surface area (Å²) in [7, 11) is 0. The van der Waals surface area contributed by atoms with Crippen LogP contribution in [0.2, 0.25) is 0 Å². The molecule has 0 heterocycles. The van der Waals surface area contributed by atoms with Crippen LogP contribution in [0, 0.1) is 23.2 Å². The fourth-order valence-electron chi connectivity index (χ4n) is 3.99. The Bertz CT molecular complexity index is 326. The van der Waals surface area contributed by atoms with E-state index in [9.17, 15) is 4.79 Å². The molecule has 1 saturated carbocycles. The molecule has 0 aromatic carbocycles. The van der Waals surface area contributed by atoms with E-state index in [1.54, 1.807) is 0 Å². The molecule has 2 aliphatic rings. The molecule has 0 amide bonds. The summed E-state index contributed by atoms with van der Waals surface area (Å²) in [6, 6.07) is 0. The molecule has 0 unspecified atom stereocenters. The molecule has 2 rings (SSSR count). The lowest BCUT2D eigenvalue weighted by molar-refractivity contribution is -0.120. The zero-order valence-corrected chi connectivity index (χ0v) is 11.0. The van der Waals surface area contributed by atoms with Gasteiger partial charge in [0.2, 0.25) is 0 Å². The van der Waals surface area contributed by atoms with Gasteiger partial charge in [-0.1, -0.05) is 26.8 Å². The van der Waals surface area contributed by atoms with Crippen molar-refractivity contribution >= 4 is 5.78 Å². The van der Waals surface area contributed by atoms with Gasteiger partial charge in [0.05, 0.1) is 0 Å². The number of ketones is 1. The van der Waals surface area contributed by atoms with Crippen molar-refractivity contribution in [1.29, 1.82) is 0 Å². The van der Waals surface area contributed by atoms with E-state index in [-0.39, 0.29) is 0 Å². The average molecular weight is 220 g/mol. The zero-order chi connectivity index (χ0) is 11.9. The van der Waals surface area contributed by atoms with Gasteiger partial charge in [0, 0.05) is 6.42 Å². The standard InChI is InChI=1S/C15H24O/c1-10(2)13-6-5-12(4)15(13)8-7-11(3)14(16)9-15/h7,10,12-13H,5-6,8-9H2,1-4H3/t12-,13-,15-/m1/s1. The molecule has 0 aromatic rings. The van der Waals surface area contributed by atoms with Crippen LogP contribution in [-0.2, 0) is 4.79 Å². The first-order valence-electron chi connectivity index (χ1n) is 6.67. The summed E-state index contributed by atoms with van der Waals surface area (Å²) in [6.45, 7) is 8.96. The highest BCUT2D eigenvalue weighted by Gasteiger charge is 2.50. The largest absolute Gasteiger partial charge is 0.295 e. The van der Waals surface area contributed by atoms with Crippen LogP contribution in [-0.4, -0.2) is 5.78 Å². The van der Waals surface area contributed by atoms with Gasteiger partial charge in [-0.3, -0.25) is 4.79 Å². The summed E-state index contributed by atoms with van der Waals surface area (Å²) in [5, 5.41) is 0. The maximum absolute atomic E-state index is 12.0.